The van der Waals surface area contributed by atoms with Crippen molar-refractivity contribution in [3.8, 4) is 0 Å². The highest BCUT2D eigenvalue weighted by Crippen LogP contribution is 2.19. The molecule has 0 saturated heterocycles. The molecule has 1 amide bonds. The van der Waals surface area contributed by atoms with E-state index >= 15 is 0 Å². The lowest BCUT2D eigenvalue weighted by atomic mass is 10.1. The van der Waals surface area contributed by atoms with Gasteiger partial charge in [-0.1, -0.05) is 22.0 Å². The zero-order valence-electron chi connectivity index (χ0n) is 10.7. The number of carbonyl (C=O) groups excluding carboxylic acids is 1. The number of alkyl halides is 1. The lowest BCUT2D eigenvalue weighted by molar-refractivity contribution is -0.385. The van der Waals surface area contributed by atoms with Crippen LogP contribution in [0.15, 0.2) is 18.2 Å². The fraction of sp³-hybridized carbons (Fsp3) is 0.417. The topological polar surface area (TPSA) is 81.5 Å². The first-order valence-electron chi connectivity index (χ1n) is 5.62. The number of amides is 1. The molecule has 0 heterocycles. The molecule has 0 aliphatic heterocycles. The molecule has 0 bridgehead atoms. The maximum Gasteiger partial charge on any atom is 0.282 e. The molecule has 104 valence electrons. The summed E-state index contributed by atoms with van der Waals surface area (Å²) in [5, 5.41) is 13.5. The Kier molecular flexibility index (Phi) is 5.91. The number of nitro groups is 1. The van der Waals surface area contributed by atoms with Crippen molar-refractivity contribution in [2.45, 2.75) is 11.8 Å². The number of hydrogen-bond donors (Lipinski definition) is 1. The van der Waals surface area contributed by atoms with Crippen LogP contribution < -0.4 is 5.32 Å². The Morgan fingerprint density at radius 1 is 1.58 bits per heavy atom. The van der Waals surface area contributed by atoms with E-state index in [9.17, 15) is 14.9 Å². The van der Waals surface area contributed by atoms with Crippen LogP contribution in [0.1, 0.15) is 15.9 Å². The van der Waals surface area contributed by atoms with Crippen molar-refractivity contribution < 1.29 is 14.5 Å². The Bertz CT molecular complexity index is 479. The third kappa shape index (κ3) is 4.60. The largest absolute Gasteiger partial charge is 0.383 e. The number of nitrogens with one attached hydrogen (secondary N) is 1. The molecular weight excluding hydrogens is 316 g/mol. The van der Waals surface area contributed by atoms with Crippen molar-refractivity contribution in [3.05, 3.63) is 39.4 Å². The van der Waals surface area contributed by atoms with Crippen LogP contribution in [0.4, 0.5) is 5.69 Å². The van der Waals surface area contributed by atoms with Crippen molar-refractivity contribution in [2.24, 2.45) is 0 Å². The SMILES string of the molecule is COCC(Br)CNC(=O)c1cc(C)ccc1[N+](=O)[O-]. The second kappa shape index (κ2) is 7.20. The first-order chi connectivity index (χ1) is 8.95. The molecule has 0 radical (unpaired) electrons. The molecule has 6 nitrogen and oxygen atoms in total. The molecule has 19 heavy (non-hydrogen) atoms. The molecule has 1 aromatic rings. The van der Waals surface area contributed by atoms with Crippen molar-refractivity contribution >= 4 is 27.5 Å². The minimum atomic E-state index is -0.560. The van der Waals surface area contributed by atoms with Crippen molar-refractivity contribution in [1.29, 1.82) is 0 Å². The van der Waals surface area contributed by atoms with Gasteiger partial charge < -0.3 is 10.1 Å². The summed E-state index contributed by atoms with van der Waals surface area (Å²) in [4.78, 5) is 22.2. The zero-order chi connectivity index (χ0) is 14.4. The van der Waals surface area contributed by atoms with E-state index < -0.39 is 10.8 Å². The number of hydrogen-bond acceptors (Lipinski definition) is 4. The van der Waals surface area contributed by atoms with E-state index in [4.69, 9.17) is 4.74 Å². The number of benzene rings is 1. The van der Waals surface area contributed by atoms with Crippen LogP contribution in [0.25, 0.3) is 0 Å². The van der Waals surface area contributed by atoms with Crippen LogP contribution in [-0.2, 0) is 4.74 Å². The zero-order valence-corrected chi connectivity index (χ0v) is 12.3. The number of halogens is 1. The minimum Gasteiger partial charge on any atom is -0.383 e. The van der Waals surface area contributed by atoms with Crippen LogP contribution in [-0.4, -0.2) is 35.9 Å². The van der Waals surface area contributed by atoms with E-state index in [0.717, 1.165) is 5.56 Å². The number of nitro benzene ring substituents is 1. The average molecular weight is 331 g/mol. The number of ether oxygens (including phenoxy) is 1. The quantitative estimate of drug-likeness (QED) is 0.491. The molecule has 1 atom stereocenters. The highest BCUT2D eigenvalue weighted by atomic mass is 79.9. The molecule has 0 saturated carbocycles. The number of methoxy groups -OCH3 is 1. The molecule has 1 rings (SSSR count). The summed E-state index contributed by atoms with van der Waals surface area (Å²) in [5.74, 6) is -0.462. The van der Waals surface area contributed by atoms with Gasteiger partial charge in [-0.25, -0.2) is 0 Å². The van der Waals surface area contributed by atoms with Gasteiger partial charge in [0.15, 0.2) is 0 Å². The standard InChI is InChI=1S/C12H15BrN2O4/c1-8-3-4-11(15(17)18)10(5-8)12(16)14-6-9(13)7-19-2/h3-5,9H,6-7H2,1-2H3,(H,14,16). The van der Waals surface area contributed by atoms with Crippen LogP contribution in [0.2, 0.25) is 0 Å². The summed E-state index contributed by atoms with van der Waals surface area (Å²) < 4.78 is 4.92. The van der Waals surface area contributed by atoms with Crippen LogP contribution in [0, 0.1) is 17.0 Å². The van der Waals surface area contributed by atoms with Crippen molar-refractivity contribution in [2.75, 3.05) is 20.3 Å². The van der Waals surface area contributed by atoms with Gasteiger partial charge in [0.1, 0.15) is 5.56 Å². The summed E-state index contributed by atoms with van der Waals surface area (Å²) in [6.45, 7) is 2.55. The van der Waals surface area contributed by atoms with Gasteiger partial charge in [-0.3, -0.25) is 14.9 Å². The second-order valence-corrected chi connectivity index (χ2v) is 5.34. The number of nitrogens with zero attached hydrogens (tertiary/aromatic N) is 1. The van der Waals surface area contributed by atoms with Gasteiger partial charge in [0.25, 0.3) is 11.6 Å². The average Bonchev–Trinajstić information content (AvgIpc) is 2.35. The maximum atomic E-state index is 12.0. The maximum absolute atomic E-state index is 12.0. The molecule has 0 aromatic heterocycles. The molecule has 1 aromatic carbocycles. The fourth-order valence-corrected chi connectivity index (χ4v) is 1.96. The Labute approximate surface area is 119 Å². The van der Waals surface area contributed by atoms with Gasteiger partial charge >= 0.3 is 0 Å². The molecular formula is C12H15BrN2O4. The van der Waals surface area contributed by atoms with E-state index in [0.29, 0.717) is 13.2 Å². The summed E-state index contributed by atoms with van der Waals surface area (Å²) in [6, 6.07) is 4.45. The van der Waals surface area contributed by atoms with Crippen molar-refractivity contribution in [3.63, 3.8) is 0 Å². The molecule has 0 aliphatic rings. The van der Waals surface area contributed by atoms with Crippen LogP contribution in [0.3, 0.4) is 0 Å². The third-order valence-electron chi connectivity index (χ3n) is 2.42. The van der Waals surface area contributed by atoms with E-state index in [1.807, 2.05) is 0 Å². The van der Waals surface area contributed by atoms with Crippen molar-refractivity contribution in [1.82, 2.24) is 5.32 Å². The highest BCUT2D eigenvalue weighted by Gasteiger charge is 2.20. The van der Waals surface area contributed by atoms with Crippen LogP contribution >= 0.6 is 15.9 Å². The summed E-state index contributed by atoms with van der Waals surface area (Å²) in [6.07, 6.45) is 0. The second-order valence-electron chi connectivity index (χ2n) is 4.04. The van der Waals surface area contributed by atoms with Gasteiger partial charge in [-0.05, 0) is 18.6 Å². The number of aryl methyl sites for hydroxylation is 1. The predicted molar refractivity (Wildman–Crippen MR) is 74.8 cm³/mol. The van der Waals surface area contributed by atoms with Gasteiger partial charge in [0.05, 0.1) is 16.4 Å². The Hall–Kier alpha value is -1.47. The third-order valence-corrected chi connectivity index (χ3v) is 3.01. The number of carbonyl (C=O) groups is 1. The molecule has 0 spiro atoms. The lowest BCUT2D eigenvalue weighted by Crippen LogP contribution is -2.31. The summed E-state index contributed by atoms with van der Waals surface area (Å²) in [5.41, 5.74) is 0.672. The van der Waals surface area contributed by atoms with Gasteiger partial charge in [0.2, 0.25) is 0 Å². The normalized spacial score (nSPS) is 11.9. The molecule has 0 fully saturated rings. The van der Waals surface area contributed by atoms with Gasteiger partial charge in [0, 0.05) is 19.7 Å². The first kappa shape index (κ1) is 15.6. The molecule has 0 aliphatic carbocycles. The molecule has 1 N–H and O–H groups in total. The summed E-state index contributed by atoms with van der Waals surface area (Å²) in [7, 11) is 1.56. The van der Waals surface area contributed by atoms with E-state index in [-0.39, 0.29) is 16.1 Å². The highest BCUT2D eigenvalue weighted by molar-refractivity contribution is 9.09. The smallest absolute Gasteiger partial charge is 0.282 e. The Morgan fingerprint density at radius 2 is 2.26 bits per heavy atom. The van der Waals surface area contributed by atoms with E-state index in [1.54, 1.807) is 20.1 Å². The predicted octanol–water partition coefficient (Wildman–Crippen LogP) is 2.04. The van der Waals surface area contributed by atoms with E-state index in [1.165, 1.54) is 12.1 Å². The molecule has 7 heteroatoms. The first-order valence-corrected chi connectivity index (χ1v) is 6.53. The van der Waals surface area contributed by atoms with Gasteiger partial charge in [-0.15, -0.1) is 0 Å². The minimum absolute atomic E-state index is 0.0367. The van der Waals surface area contributed by atoms with Gasteiger partial charge in [-0.2, -0.15) is 0 Å². The lowest BCUT2D eigenvalue weighted by Gasteiger charge is -2.10. The Balaban J connectivity index is 2.81. The molecule has 1 unspecified atom stereocenters. The summed E-state index contributed by atoms with van der Waals surface area (Å²) >= 11 is 3.33. The fourth-order valence-electron chi connectivity index (χ4n) is 1.53. The number of rotatable bonds is 6. The Morgan fingerprint density at radius 3 is 2.84 bits per heavy atom. The van der Waals surface area contributed by atoms with E-state index in [2.05, 4.69) is 21.2 Å². The monoisotopic (exact) mass is 330 g/mol. The van der Waals surface area contributed by atoms with Crippen LogP contribution in [0.5, 0.6) is 0 Å².